The Labute approximate surface area is 166 Å². The van der Waals surface area contributed by atoms with E-state index < -0.39 is 0 Å². The molecule has 0 atom stereocenters. The first kappa shape index (κ1) is 21.3. The second-order valence-corrected chi connectivity index (χ2v) is 6.53. The summed E-state index contributed by atoms with van der Waals surface area (Å²) in [5.74, 6) is 2.02. The number of ether oxygens (including phenoxy) is 2. The van der Waals surface area contributed by atoms with Crippen LogP contribution in [0.15, 0.2) is 23.2 Å². The molecule has 0 aromatic heterocycles. The smallest absolute Gasteiger partial charge is 0.239 e. The normalized spacial score (nSPS) is 13.0. The first-order valence-corrected chi connectivity index (χ1v) is 8.09. The number of halogens is 1. The molecule has 0 saturated heterocycles. The highest BCUT2D eigenvalue weighted by Crippen LogP contribution is 2.32. The average Bonchev–Trinajstić information content (AvgIpc) is 2.96. The van der Waals surface area contributed by atoms with Crippen LogP contribution in [0.25, 0.3) is 0 Å². The number of nitrogens with zero attached hydrogens (tertiary/aromatic N) is 1. The standard InChI is InChI=1S/C17H26N4O3.HI/c1-5-18-16(20-10-15(22)21-17(2,3)4)19-9-12-6-7-13-14(8-12)24-11-23-13;/h6-8H,5,9-11H2,1-4H3,(H,21,22)(H2,18,19,20);1H. The van der Waals surface area contributed by atoms with Gasteiger partial charge in [-0.05, 0) is 45.4 Å². The Hall–Kier alpha value is -1.71. The highest BCUT2D eigenvalue weighted by molar-refractivity contribution is 14.0. The van der Waals surface area contributed by atoms with Gasteiger partial charge in [-0.15, -0.1) is 24.0 Å². The summed E-state index contributed by atoms with van der Waals surface area (Å²) in [5.41, 5.74) is 0.761. The van der Waals surface area contributed by atoms with Gasteiger partial charge in [-0.25, -0.2) is 4.99 Å². The lowest BCUT2D eigenvalue weighted by atomic mass is 10.1. The summed E-state index contributed by atoms with van der Waals surface area (Å²) in [7, 11) is 0. The van der Waals surface area contributed by atoms with Crippen LogP contribution in [0.3, 0.4) is 0 Å². The van der Waals surface area contributed by atoms with Crippen molar-refractivity contribution in [3.63, 3.8) is 0 Å². The molecule has 3 N–H and O–H groups in total. The molecule has 1 aliphatic heterocycles. The van der Waals surface area contributed by atoms with Crippen molar-refractivity contribution >= 4 is 35.8 Å². The monoisotopic (exact) mass is 462 g/mol. The van der Waals surface area contributed by atoms with Crippen molar-refractivity contribution in [1.82, 2.24) is 16.0 Å². The lowest BCUT2D eigenvalue weighted by Gasteiger charge is -2.21. The van der Waals surface area contributed by atoms with E-state index in [0.29, 0.717) is 19.0 Å². The van der Waals surface area contributed by atoms with Crippen LogP contribution in [0.2, 0.25) is 0 Å². The molecule has 0 unspecified atom stereocenters. The molecule has 2 rings (SSSR count). The second kappa shape index (κ2) is 9.69. The molecule has 7 nitrogen and oxygen atoms in total. The number of nitrogens with one attached hydrogen (secondary N) is 3. The second-order valence-electron chi connectivity index (χ2n) is 6.53. The van der Waals surface area contributed by atoms with Gasteiger partial charge in [0.05, 0.1) is 13.1 Å². The van der Waals surface area contributed by atoms with Crippen LogP contribution in [-0.2, 0) is 11.3 Å². The molecule has 0 saturated carbocycles. The molecule has 1 amide bonds. The largest absolute Gasteiger partial charge is 0.454 e. The summed E-state index contributed by atoms with van der Waals surface area (Å²) in [6.07, 6.45) is 0. The van der Waals surface area contributed by atoms with Crippen molar-refractivity contribution in [2.45, 2.75) is 39.8 Å². The lowest BCUT2D eigenvalue weighted by molar-refractivity contribution is -0.121. The average molecular weight is 462 g/mol. The highest BCUT2D eigenvalue weighted by atomic mass is 127. The Kier molecular flexibility index (Phi) is 8.27. The van der Waals surface area contributed by atoms with E-state index in [2.05, 4.69) is 20.9 Å². The highest BCUT2D eigenvalue weighted by Gasteiger charge is 2.14. The minimum atomic E-state index is -0.249. The SMILES string of the molecule is CCNC(=NCc1ccc2c(c1)OCO2)NCC(=O)NC(C)(C)C.I. The van der Waals surface area contributed by atoms with Crippen molar-refractivity contribution in [2.75, 3.05) is 19.9 Å². The maximum absolute atomic E-state index is 11.9. The van der Waals surface area contributed by atoms with Gasteiger partial charge in [-0.3, -0.25) is 4.79 Å². The number of aliphatic imine (C=N–C) groups is 1. The predicted octanol–water partition coefficient (Wildman–Crippen LogP) is 2.00. The van der Waals surface area contributed by atoms with Gasteiger partial charge in [0, 0.05) is 12.1 Å². The molecule has 25 heavy (non-hydrogen) atoms. The van der Waals surface area contributed by atoms with Crippen molar-refractivity contribution in [3.05, 3.63) is 23.8 Å². The van der Waals surface area contributed by atoms with Crippen LogP contribution >= 0.6 is 24.0 Å². The third kappa shape index (κ3) is 7.37. The molecule has 1 heterocycles. The van der Waals surface area contributed by atoms with E-state index in [1.165, 1.54) is 0 Å². The molecular formula is C17H27IN4O3. The van der Waals surface area contributed by atoms with Crippen LogP contribution in [0.1, 0.15) is 33.3 Å². The third-order valence-electron chi connectivity index (χ3n) is 3.13. The summed E-state index contributed by atoms with van der Waals surface area (Å²) in [4.78, 5) is 16.4. The summed E-state index contributed by atoms with van der Waals surface area (Å²) >= 11 is 0. The fraction of sp³-hybridized carbons (Fsp3) is 0.529. The molecule has 140 valence electrons. The van der Waals surface area contributed by atoms with Crippen LogP contribution < -0.4 is 25.4 Å². The third-order valence-corrected chi connectivity index (χ3v) is 3.13. The molecule has 0 aliphatic carbocycles. The maximum Gasteiger partial charge on any atom is 0.239 e. The fourth-order valence-electron chi connectivity index (χ4n) is 2.18. The molecule has 0 spiro atoms. The van der Waals surface area contributed by atoms with Gasteiger partial charge in [0.1, 0.15) is 0 Å². The minimum Gasteiger partial charge on any atom is -0.454 e. The summed E-state index contributed by atoms with van der Waals surface area (Å²) < 4.78 is 10.7. The van der Waals surface area contributed by atoms with Gasteiger partial charge in [0.25, 0.3) is 0 Å². The van der Waals surface area contributed by atoms with E-state index in [4.69, 9.17) is 9.47 Å². The van der Waals surface area contributed by atoms with E-state index in [9.17, 15) is 4.79 Å². The molecular weight excluding hydrogens is 435 g/mol. The van der Waals surface area contributed by atoms with E-state index in [1.54, 1.807) is 0 Å². The number of guanidine groups is 1. The number of carbonyl (C=O) groups is 1. The number of hydrogen-bond acceptors (Lipinski definition) is 4. The van der Waals surface area contributed by atoms with Crippen LogP contribution in [-0.4, -0.2) is 37.3 Å². The molecule has 0 fully saturated rings. The topological polar surface area (TPSA) is 84.0 Å². The quantitative estimate of drug-likeness (QED) is 0.354. The lowest BCUT2D eigenvalue weighted by Crippen LogP contribution is -2.48. The van der Waals surface area contributed by atoms with Gasteiger partial charge in [-0.1, -0.05) is 6.07 Å². The van der Waals surface area contributed by atoms with Crippen molar-refractivity contribution in [1.29, 1.82) is 0 Å². The Morgan fingerprint density at radius 1 is 1.20 bits per heavy atom. The van der Waals surface area contributed by atoms with Crippen molar-refractivity contribution in [2.24, 2.45) is 4.99 Å². The Balaban J connectivity index is 0.00000312. The zero-order chi connectivity index (χ0) is 17.6. The van der Waals surface area contributed by atoms with Crippen LogP contribution in [0.5, 0.6) is 11.5 Å². The molecule has 8 heteroatoms. The predicted molar refractivity (Wildman–Crippen MR) is 109 cm³/mol. The summed E-state index contributed by atoms with van der Waals surface area (Å²) in [5, 5.41) is 9.07. The molecule has 0 radical (unpaired) electrons. The van der Waals surface area contributed by atoms with Gasteiger partial charge in [0.15, 0.2) is 17.5 Å². The Morgan fingerprint density at radius 3 is 2.60 bits per heavy atom. The Bertz CT molecular complexity index is 614. The van der Waals surface area contributed by atoms with Gasteiger partial charge >= 0.3 is 0 Å². The van der Waals surface area contributed by atoms with Crippen molar-refractivity contribution in [3.8, 4) is 11.5 Å². The first-order valence-electron chi connectivity index (χ1n) is 8.09. The number of benzene rings is 1. The minimum absolute atomic E-state index is 0. The summed E-state index contributed by atoms with van der Waals surface area (Å²) in [6.45, 7) is 9.45. The van der Waals surface area contributed by atoms with Crippen molar-refractivity contribution < 1.29 is 14.3 Å². The fourth-order valence-corrected chi connectivity index (χ4v) is 2.18. The van der Waals surface area contributed by atoms with E-state index in [0.717, 1.165) is 17.1 Å². The maximum atomic E-state index is 11.9. The molecule has 1 aromatic rings. The van der Waals surface area contributed by atoms with Crippen LogP contribution in [0.4, 0.5) is 0 Å². The zero-order valence-corrected chi connectivity index (χ0v) is 17.5. The number of hydrogen-bond donors (Lipinski definition) is 3. The molecule has 0 bridgehead atoms. The zero-order valence-electron chi connectivity index (χ0n) is 15.1. The molecule has 1 aliphatic rings. The van der Waals surface area contributed by atoms with E-state index >= 15 is 0 Å². The van der Waals surface area contributed by atoms with Gasteiger partial charge in [0.2, 0.25) is 12.7 Å². The van der Waals surface area contributed by atoms with Crippen LogP contribution in [0, 0.1) is 0 Å². The number of fused-ring (bicyclic) bond motifs is 1. The number of amides is 1. The first-order chi connectivity index (χ1) is 11.4. The number of carbonyl (C=O) groups excluding carboxylic acids is 1. The molecule has 1 aromatic carbocycles. The van der Waals surface area contributed by atoms with Gasteiger partial charge in [-0.2, -0.15) is 0 Å². The Morgan fingerprint density at radius 2 is 1.92 bits per heavy atom. The van der Waals surface area contributed by atoms with E-state index in [-0.39, 0.29) is 48.8 Å². The van der Waals surface area contributed by atoms with Gasteiger partial charge < -0.3 is 25.4 Å². The summed E-state index contributed by atoms with van der Waals surface area (Å²) in [6, 6.07) is 5.75. The number of rotatable bonds is 5. The van der Waals surface area contributed by atoms with E-state index in [1.807, 2.05) is 45.9 Å².